The number of rotatable bonds is 3. The number of hydrogen-bond acceptors (Lipinski definition) is 3. The van der Waals surface area contributed by atoms with Crippen molar-refractivity contribution < 1.29 is 9.47 Å². The molecule has 2 fully saturated rings. The van der Waals surface area contributed by atoms with Crippen molar-refractivity contribution >= 4 is 0 Å². The van der Waals surface area contributed by atoms with E-state index in [0.29, 0.717) is 18.2 Å². The van der Waals surface area contributed by atoms with Gasteiger partial charge in [-0.1, -0.05) is 0 Å². The summed E-state index contributed by atoms with van der Waals surface area (Å²) in [5.74, 6) is 0. The fourth-order valence-corrected chi connectivity index (χ4v) is 2.31. The first-order chi connectivity index (χ1) is 6.84. The highest BCUT2D eigenvalue weighted by atomic mass is 16.5. The zero-order chi connectivity index (χ0) is 9.80. The first-order valence-corrected chi connectivity index (χ1v) is 5.83. The molecule has 1 aliphatic carbocycles. The van der Waals surface area contributed by atoms with Gasteiger partial charge in [-0.15, -0.1) is 0 Å². The summed E-state index contributed by atoms with van der Waals surface area (Å²) in [5.41, 5.74) is 5.82. The van der Waals surface area contributed by atoms with Crippen molar-refractivity contribution in [2.75, 3.05) is 13.2 Å². The van der Waals surface area contributed by atoms with Crippen LogP contribution in [0.1, 0.15) is 38.5 Å². The Kier molecular flexibility index (Phi) is 3.79. The van der Waals surface area contributed by atoms with Gasteiger partial charge in [0.1, 0.15) is 0 Å². The molecular weight excluding hydrogens is 178 g/mol. The molecule has 1 saturated heterocycles. The average Bonchev–Trinajstić information content (AvgIpc) is 2.63. The third-order valence-electron chi connectivity index (χ3n) is 3.22. The second kappa shape index (κ2) is 5.10. The smallest absolute Gasteiger partial charge is 0.0808 e. The SMILES string of the molecule is NC1CCC(OCC2CCCCO2)C1. The van der Waals surface area contributed by atoms with Crippen molar-refractivity contribution in [3.63, 3.8) is 0 Å². The minimum absolute atomic E-state index is 0.348. The molecule has 0 bridgehead atoms. The molecule has 2 rings (SSSR count). The Morgan fingerprint density at radius 3 is 2.79 bits per heavy atom. The molecule has 14 heavy (non-hydrogen) atoms. The predicted molar refractivity (Wildman–Crippen MR) is 55.2 cm³/mol. The topological polar surface area (TPSA) is 44.5 Å². The van der Waals surface area contributed by atoms with Gasteiger partial charge in [0.2, 0.25) is 0 Å². The first-order valence-electron chi connectivity index (χ1n) is 5.83. The maximum absolute atomic E-state index is 5.82. The van der Waals surface area contributed by atoms with E-state index in [9.17, 15) is 0 Å². The van der Waals surface area contributed by atoms with E-state index in [2.05, 4.69) is 0 Å². The maximum Gasteiger partial charge on any atom is 0.0808 e. The molecule has 1 saturated carbocycles. The molecule has 3 nitrogen and oxygen atoms in total. The van der Waals surface area contributed by atoms with E-state index in [1.807, 2.05) is 0 Å². The van der Waals surface area contributed by atoms with Crippen LogP contribution >= 0.6 is 0 Å². The van der Waals surface area contributed by atoms with Gasteiger partial charge in [0, 0.05) is 12.6 Å². The average molecular weight is 199 g/mol. The van der Waals surface area contributed by atoms with Crippen LogP contribution < -0.4 is 5.73 Å². The van der Waals surface area contributed by atoms with Crippen molar-refractivity contribution in [1.29, 1.82) is 0 Å². The molecule has 0 aromatic rings. The van der Waals surface area contributed by atoms with Gasteiger partial charge in [-0.05, 0) is 38.5 Å². The number of hydrogen-bond donors (Lipinski definition) is 1. The quantitative estimate of drug-likeness (QED) is 0.748. The van der Waals surface area contributed by atoms with Crippen molar-refractivity contribution in [2.24, 2.45) is 5.73 Å². The zero-order valence-corrected chi connectivity index (χ0v) is 8.78. The van der Waals surface area contributed by atoms with Crippen molar-refractivity contribution in [1.82, 2.24) is 0 Å². The summed E-state index contributed by atoms with van der Waals surface area (Å²) >= 11 is 0. The highest BCUT2D eigenvalue weighted by molar-refractivity contribution is 4.78. The summed E-state index contributed by atoms with van der Waals surface area (Å²) in [6.45, 7) is 1.69. The molecule has 0 aromatic heterocycles. The molecule has 82 valence electrons. The highest BCUT2D eigenvalue weighted by Gasteiger charge is 2.23. The summed E-state index contributed by atoms with van der Waals surface area (Å²) in [5, 5.41) is 0. The van der Waals surface area contributed by atoms with E-state index in [1.165, 1.54) is 19.3 Å². The standard InChI is InChI=1S/C11H21NO2/c12-9-4-5-10(7-9)14-8-11-3-1-2-6-13-11/h9-11H,1-8,12H2. The molecule has 3 heteroatoms. The fourth-order valence-electron chi connectivity index (χ4n) is 2.31. The fraction of sp³-hybridized carbons (Fsp3) is 1.00. The van der Waals surface area contributed by atoms with E-state index in [0.717, 1.165) is 32.5 Å². The lowest BCUT2D eigenvalue weighted by Gasteiger charge is -2.24. The molecule has 3 unspecified atom stereocenters. The van der Waals surface area contributed by atoms with Crippen molar-refractivity contribution in [3.8, 4) is 0 Å². The Morgan fingerprint density at radius 1 is 1.21 bits per heavy atom. The number of ether oxygens (including phenoxy) is 2. The molecule has 1 aliphatic heterocycles. The minimum Gasteiger partial charge on any atom is -0.376 e. The van der Waals surface area contributed by atoms with Gasteiger partial charge in [-0.3, -0.25) is 0 Å². The molecule has 0 amide bonds. The predicted octanol–water partition coefficient (Wildman–Crippen LogP) is 1.45. The van der Waals surface area contributed by atoms with Crippen LogP contribution in [0.4, 0.5) is 0 Å². The molecule has 2 aliphatic rings. The van der Waals surface area contributed by atoms with Gasteiger partial charge in [-0.2, -0.15) is 0 Å². The van der Waals surface area contributed by atoms with Crippen LogP contribution in [0.3, 0.4) is 0 Å². The third-order valence-corrected chi connectivity index (χ3v) is 3.22. The van der Waals surface area contributed by atoms with Crippen LogP contribution in [-0.4, -0.2) is 31.5 Å². The zero-order valence-electron chi connectivity index (χ0n) is 8.78. The van der Waals surface area contributed by atoms with Gasteiger partial charge >= 0.3 is 0 Å². The maximum atomic E-state index is 5.82. The van der Waals surface area contributed by atoms with E-state index < -0.39 is 0 Å². The molecule has 2 N–H and O–H groups in total. The second-order valence-electron chi connectivity index (χ2n) is 4.52. The summed E-state index contributed by atoms with van der Waals surface area (Å²) in [6, 6.07) is 0.368. The Balaban J connectivity index is 1.61. The van der Waals surface area contributed by atoms with Crippen molar-refractivity contribution in [3.05, 3.63) is 0 Å². The third kappa shape index (κ3) is 2.94. The van der Waals surface area contributed by atoms with E-state index in [4.69, 9.17) is 15.2 Å². The Bertz CT molecular complexity index is 164. The Morgan fingerprint density at radius 2 is 2.14 bits per heavy atom. The van der Waals surface area contributed by atoms with E-state index in [1.54, 1.807) is 0 Å². The Labute approximate surface area is 85.9 Å². The molecule has 0 spiro atoms. The monoisotopic (exact) mass is 199 g/mol. The minimum atomic E-state index is 0.348. The van der Waals surface area contributed by atoms with Crippen molar-refractivity contribution in [2.45, 2.75) is 56.8 Å². The van der Waals surface area contributed by atoms with Crippen LogP contribution in [0, 0.1) is 0 Å². The molecule has 1 heterocycles. The highest BCUT2D eigenvalue weighted by Crippen LogP contribution is 2.22. The normalized spacial score (nSPS) is 38.8. The summed E-state index contributed by atoms with van der Waals surface area (Å²) in [4.78, 5) is 0. The lowest BCUT2D eigenvalue weighted by molar-refractivity contribution is -0.0613. The molecule has 0 aromatic carbocycles. The largest absolute Gasteiger partial charge is 0.376 e. The Hall–Kier alpha value is -0.120. The van der Waals surface area contributed by atoms with Crippen LogP contribution in [0.5, 0.6) is 0 Å². The van der Waals surface area contributed by atoms with Gasteiger partial charge in [0.25, 0.3) is 0 Å². The van der Waals surface area contributed by atoms with Gasteiger partial charge in [-0.25, -0.2) is 0 Å². The van der Waals surface area contributed by atoms with Crippen LogP contribution in [-0.2, 0) is 9.47 Å². The van der Waals surface area contributed by atoms with Crippen LogP contribution in [0.15, 0.2) is 0 Å². The summed E-state index contributed by atoms with van der Waals surface area (Å²) in [6.07, 6.45) is 7.70. The van der Waals surface area contributed by atoms with Crippen LogP contribution in [0.2, 0.25) is 0 Å². The van der Waals surface area contributed by atoms with Gasteiger partial charge < -0.3 is 15.2 Å². The molecule has 0 radical (unpaired) electrons. The first kappa shape index (κ1) is 10.4. The molecular formula is C11H21NO2. The number of nitrogens with two attached hydrogens (primary N) is 1. The lowest BCUT2D eigenvalue weighted by Crippen LogP contribution is -2.27. The lowest BCUT2D eigenvalue weighted by atomic mass is 10.1. The molecule has 3 atom stereocenters. The van der Waals surface area contributed by atoms with E-state index in [-0.39, 0.29) is 0 Å². The summed E-state index contributed by atoms with van der Waals surface area (Å²) in [7, 11) is 0. The van der Waals surface area contributed by atoms with Gasteiger partial charge in [0.15, 0.2) is 0 Å². The van der Waals surface area contributed by atoms with Crippen LogP contribution in [0.25, 0.3) is 0 Å². The van der Waals surface area contributed by atoms with Gasteiger partial charge in [0.05, 0.1) is 18.8 Å². The van der Waals surface area contributed by atoms with E-state index >= 15 is 0 Å². The summed E-state index contributed by atoms with van der Waals surface area (Å²) < 4.78 is 11.4. The second-order valence-corrected chi connectivity index (χ2v) is 4.52.